The minimum absolute atomic E-state index is 0.118. The van der Waals surface area contributed by atoms with Crippen molar-refractivity contribution in [3.8, 4) is 0 Å². The Labute approximate surface area is 174 Å². The van der Waals surface area contributed by atoms with E-state index in [2.05, 4.69) is 0 Å². The predicted molar refractivity (Wildman–Crippen MR) is 112 cm³/mol. The van der Waals surface area contributed by atoms with Crippen LogP contribution in [0.15, 0.2) is 65.8 Å². The van der Waals surface area contributed by atoms with Crippen LogP contribution < -0.4 is 0 Å². The maximum absolute atomic E-state index is 12.8. The highest BCUT2D eigenvalue weighted by Gasteiger charge is 2.42. The van der Waals surface area contributed by atoms with Gasteiger partial charge in [0.2, 0.25) is 0 Å². The van der Waals surface area contributed by atoms with E-state index in [4.69, 9.17) is 27.9 Å². The molecule has 0 saturated carbocycles. The van der Waals surface area contributed by atoms with E-state index < -0.39 is 11.4 Å². The number of Topliss-reactive ketones (excluding diaryl/α,β-unsaturated/α-hetero) is 1. The van der Waals surface area contributed by atoms with Crippen LogP contribution in [0.25, 0.3) is 5.57 Å². The van der Waals surface area contributed by atoms with E-state index in [1.807, 2.05) is 44.2 Å². The molecule has 0 aliphatic heterocycles. The normalized spacial score (nSPS) is 15.5. The molecule has 5 heteroatoms. The summed E-state index contributed by atoms with van der Waals surface area (Å²) in [5.74, 6) is -0.800. The Morgan fingerprint density at radius 3 is 1.86 bits per heavy atom. The standard InChI is InChI=1S/C23H20Cl2O3/c1-23(2)13-16(20(21(23)26)22(27)28-3)12-19(14-4-8-17(24)9-5-14)15-6-10-18(25)11-7-15/h4-12H,13H2,1-3H3. The van der Waals surface area contributed by atoms with Gasteiger partial charge in [0.15, 0.2) is 5.78 Å². The lowest BCUT2D eigenvalue weighted by atomic mass is 9.87. The highest BCUT2D eigenvalue weighted by molar-refractivity contribution is 6.31. The number of rotatable bonds is 4. The second-order valence-corrected chi connectivity index (χ2v) is 8.23. The molecule has 0 N–H and O–H groups in total. The van der Waals surface area contributed by atoms with Gasteiger partial charge < -0.3 is 4.74 Å². The van der Waals surface area contributed by atoms with Crippen LogP contribution in [0.2, 0.25) is 10.0 Å². The van der Waals surface area contributed by atoms with Crippen molar-refractivity contribution >= 4 is 40.5 Å². The van der Waals surface area contributed by atoms with Gasteiger partial charge in [-0.15, -0.1) is 0 Å². The fraction of sp³-hybridized carbons (Fsp3) is 0.217. The van der Waals surface area contributed by atoms with E-state index in [9.17, 15) is 9.59 Å². The van der Waals surface area contributed by atoms with E-state index in [0.29, 0.717) is 22.0 Å². The quantitative estimate of drug-likeness (QED) is 0.462. The number of carbonyl (C=O) groups excluding carboxylic acids is 2. The lowest BCUT2D eigenvalue weighted by molar-refractivity contribution is -0.138. The van der Waals surface area contributed by atoms with Crippen molar-refractivity contribution in [2.75, 3.05) is 7.11 Å². The first-order chi connectivity index (χ1) is 13.2. The molecule has 0 radical (unpaired) electrons. The molecule has 2 aromatic rings. The summed E-state index contributed by atoms with van der Waals surface area (Å²) in [4.78, 5) is 25.1. The van der Waals surface area contributed by atoms with Crippen molar-refractivity contribution in [2.24, 2.45) is 5.41 Å². The Kier molecular flexibility index (Phi) is 5.78. The smallest absolute Gasteiger partial charge is 0.341 e. The topological polar surface area (TPSA) is 43.4 Å². The molecule has 0 saturated heterocycles. The number of esters is 1. The molecule has 28 heavy (non-hydrogen) atoms. The highest BCUT2D eigenvalue weighted by atomic mass is 35.5. The molecular weight excluding hydrogens is 395 g/mol. The summed E-state index contributed by atoms with van der Waals surface area (Å²) >= 11 is 12.1. The minimum Gasteiger partial charge on any atom is -0.465 e. The van der Waals surface area contributed by atoms with Gasteiger partial charge in [-0.1, -0.05) is 61.3 Å². The van der Waals surface area contributed by atoms with Gasteiger partial charge in [0.1, 0.15) is 5.57 Å². The van der Waals surface area contributed by atoms with Gasteiger partial charge in [-0.3, -0.25) is 4.79 Å². The van der Waals surface area contributed by atoms with Crippen LogP contribution in [0.3, 0.4) is 0 Å². The van der Waals surface area contributed by atoms with Gasteiger partial charge in [0.25, 0.3) is 0 Å². The summed E-state index contributed by atoms with van der Waals surface area (Å²) in [6.07, 6.45) is 2.35. The molecule has 144 valence electrons. The van der Waals surface area contributed by atoms with E-state index in [0.717, 1.165) is 16.7 Å². The molecule has 0 heterocycles. The van der Waals surface area contributed by atoms with Crippen molar-refractivity contribution in [3.05, 3.63) is 86.9 Å². The third kappa shape index (κ3) is 4.06. The molecule has 3 nitrogen and oxygen atoms in total. The first kappa shape index (κ1) is 20.4. The molecule has 3 rings (SSSR count). The highest BCUT2D eigenvalue weighted by Crippen LogP contribution is 2.41. The maximum atomic E-state index is 12.8. The lowest BCUT2D eigenvalue weighted by Crippen LogP contribution is -2.23. The number of methoxy groups -OCH3 is 1. The Morgan fingerprint density at radius 2 is 1.43 bits per heavy atom. The summed E-state index contributed by atoms with van der Waals surface area (Å²) in [6, 6.07) is 14.8. The van der Waals surface area contributed by atoms with Crippen molar-refractivity contribution in [2.45, 2.75) is 20.3 Å². The summed E-state index contributed by atoms with van der Waals surface area (Å²) in [5, 5.41) is 1.26. The minimum atomic E-state index is -0.652. The summed E-state index contributed by atoms with van der Waals surface area (Å²) in [5.41, 5.74) is 2.84. The van der Waals surface area contributed by atoms with Gasteiger partial charge in [0.05, 0.1) is 7.11 Å². The third-order valence-electron chi connectivity index (χ3n) is 4.81. The molecule has 0 unspecified atom stereocenters. The number of ether oxygens (including phenoxy) is 1. The number of carbonyl (C=O) groups is 2. The van der Waals surface area contributed by atoms with E-state index in [1.165, 1.54) is 7.11 Å². The maximum Gasteiger partial charge on any atom is 0.341 e. The fourth-order valence-corrected chi connectivity index (χ4v) is 3.60. The van der Waals surface area contributed by atoms with Crippen LogP contribution in [0.5, 0.6) is 0 Å². The average Bonchev–Trinajstić information content (AvgIpc) is 2.89. The number of benzene rings is 2. The lowest BCUT2D eigenvalue weighted by Gasteiger charge is -2.15. The van der Waals surface area contributed by atoms with Crippen LogP contribution >= 0.6 is 23.2 Å². The van der Waals surface area contributed by atoms with Crippen molar-refractivity contribution in [3.63, 3.8) is 0 Å². The molecule has 0 aromatic heterocycles. The molecule has 0 bridgehead atoms. The predicted octanol–water partition coefficient (Wildman–Crippen LogP) is 5.89. The molecule has 0 amide bonds. The van der Waals surface area contributed by atoms with Crippen molar-refractivity contribution < 1.29 is 14.3 Å². The Hall–Kier alpha value is -2.36. The SMILES string of the molecule is COC(=O)C1=C(C=C(c2ccc(Cl)cc2)c2ccc(Cl)cc2)CC(C)(C)C1=O. The van der Waals surface area contributed by atoms with Crippen LogP contribution in [-0.4, -0.2) is 18.9 Å². The van der Waals surface area contributed by atoms with Gasteiger partial charge in [-0.2, -0.15) is 0 Å². The second-order valence-electron chi connectivity index (χ2n) is 7.35. The number of hydrogen-bond acceptors (Lipinski definition) is 3. The fourth-order valence-electron chi connectivity index (χ4n) is 3.34. The third-order valence-corrected chi connectivity index (χ3v) is 5.32. The van der Waals surface area contributed by atoms with Crippen molar-refractivity contribution in [1.82, 2.24) is 0 Å². The average molecular weight is 415 g/mol. The molecule has 0 fully saturated rings. The second kappa shape index (κ2) is 7.94. The molecule has 0 spiro atoms. The van der Waals surface area contributed by atoms with Crippen molar-refractivity contribution in [1.29, 1.82) is 0 Å². The number of hydrogen-bond donors (Lipinski definition) is 0. The van der Waals surface area contributed by atoms with E-state index >= 15 is 0 Å². The summed E-state index contributed by atoms with van der Waals surface area (Å²) < 4.78 is 4.87. The zero-order chi connectivity index (χ0) is 20.5. The zero-order valence-electron chi connectivity index (χ0n) is 15.9. The number of ketones is 1. The molecule has 1 aliphatic rings. The largest absolute Gasteiger partial charge is 0.465 e. The number of halogens is 2. The molecular formula is C23H20Cl2O3. The van der Waals surface area contributed by atoms with Gasteiger partial charge >= 0.3 is 5.97 Å². The molecule has 2 aromatic carbocycles. The van der Waals surface area contributed by atoms with Crippen LogP contribution in [0, 0.1) is 5.41 Å². The van der Waals surface area contributed by atoms with Crippen LogP contribution in [0.4, 0.5) is 0 Å². The Bertz CT molecular complexity index is 934. The monoisotopic (exact) mass is 414 g/mol. The zero-order valence-corrected chi connectivity index (χ0v) is 17.4. The van der Waals surface area contributed by atoms with E-state index in [1.54, 1.807) is 24.3 Å². The first-order valence-corrected chi connectivity index (χ1v) is 9.58. The van der Waals surface area contributed by atoms with Gasteiger partial charge in [0, 0.05) is 15.5 Å². The molecule has 0 atom stereocenters. The summed E-state index contributed by atoms with van der Waals surface area (Å²) in [7, 11) is 1.29. The van der Waals surface area contributed by atoms with Crippen LogP contribution in [-0.2, 0) is 14.3 Å². The van der Waals surface area contributed by atoms with E-state index in [-0.39, 0.29) is 11.4 Å². The van der Waals surface area contributed by atoms with Gasteiger partial charge in [-0.25, -0.2) is 4.79 Å². The molecule has 1 aliphatic carbocycles. The van der Waals surface area contributed by atoms with Crippen LogP contribution in [0.1, 0.15) is 31.4 Å². The Balaban J connectivity index is 2.21. The first-order valence-electron chi connectivity index (χ1n) is 8.83. The van der Waals surface area contributed by atoms with Gasteiger partial charge in [-0.05, 0) is 59.0 Å². The Morgan fingerprint density at radius 1 is 0.964 bits per heavy atom. The summed E-state index contributed by atoms with van der Waals surface area (Å²) in [6.45, 7) is 3.67. The number of allylic oxidation sites excluding steroid dienone is 2.